The van der Waals surface area contributed by atoms with Gasteiger partial charge in [0.2, 0.25) is 0 Å². The average molecular weight is 433 g/mol. The van der Waals surface area contributed by atoms with Gasteiger partial charge in [0.05, 0.1) is 24.7 Å². The lowest BCUT2D eigenvalue weighted by Crippen LogP contribution is -2.39. The smallest absolute Gasteiger partial charge is 0.270 e. The first kappa shape index (κ1) is 20.3. The number of oxazole rings is 1. The Hall–Kier alpha value is -3.61. The van der Waals surface area contributed by atoms with E-state index in [1.165, 1.54) is 6.07 Å². The van der Waals surface area contributed by atoms with Crippen molar-refractivity contribution >= 4 is 16.8 Å². The van der Waals surface area contributed by atoms with E-state index in [0.29, 0.717) is 42.0 Å². The molecule has 4 aromatic rings. The summed E-state index contributed by atoms with van der Waals surface area (Å²) < 4.78 is 25.5. The number of carbonyl (C=O) groups excluding carboxylic acids is 1. The van der Waals surface area contributed by atoms with Crippen molar-refractivity contribution in [3.05, 3.63) is 83.5 Å². The van der Waals surface area contributed by atoms with Crippen molar-refractivity contribution < 1.29 is 18.3 Å². The number of H-pyrrole nitrogens is 1. The standard InChI is InChI=1S/C25H24FN3O3/c1-31-22-10-3-2-6-16(22)12-19-14-27-24(32-19)18-8-5-11-29(15-18)25(30)21-13-17-7-4-9-20(26)23(17)28-21/h2-4,6-7,9-10,13-14,18,28H,5,8,11-12,15H2,1H3/t18-/m0/s1. The molecule has 0 spiro atoms. The summed E-state index contributed by atoms with van der Waals surface area (Å²) in [4.78, 5) is 22.3. The maximum absolute atomic E-state index is 14.0. The summed E-state index contributed by atoms with van der Waals surface area (Å²) in [7, 11) is 1.65. The minimum Gasteiger partial charge on any atom is -0.496 e. The summed E-state index contributed by atoms with van der Waals surface area (Å²) in [6.45, 7) is 1.17. The Bertz CT molecular complexity index is 1260. The number of aromatic nitrogens is 2. The van der Waals surface area contributed by atoms with Crippen LogP contribution in [0.5, 0.6) is 5.75 Å². The highest BCUT2D eigenvalue weighted by atomic mass is 19.1. The van der Waals surface area contributed by atoms with Crippen LogP contribution in [0.25, 0.3) is 10.9 Å². The topological polar surface area (TPSA) is 71.4 Å². The molecule has 0 aliphatic carbocycles. The summed E-state index contributed by atoms with van der Waals surface area (Å²) in [6.07, 6.45) is 4.10. The molecule has 1 atom stereocenters. The Morgan fingerprint density at radius 3 is 3.00 bits per heavy atom. The molecule has 1 aliphatic rings. The Labute approximate surface area is 185 Å². The second kappa shape index (κ2) is 8.49. The molecule has 6 nitrogen and oxygen atoms in total. The minimum atomic E-state index is -0.361. The number of fused-ring (bicyclic) bond motifs is 1. The number of benzene rings is 2. The van der Waals surface area contributed by atoms with Crippen LogP contribution in [0.3, 0.4) is 0 Å². The number of carbonyl (C=O) groups is 1. The van der Waals surface area contributed by atoms with Gasteiger partial charge in [-0.3, -0.25) is 4.79 Å². The Morgan fingerprint density at radius 2 is 2.16 bits per heavy atom. The van der Waals surface area contributed by atoms with Gasteiger partial charge >= 0.3 is 0 Å². The zero-order valence-electron chi connectivity index (χ0n) is 17.8. The van der Waals surface area contributed by atoms with Gasteiger partial charge in [0.15, 0.2) is 5.89 Å². The molecule has 32 heavy (non-hydrogen) atoms. The van der Waals surface area contributed by atoms with Crippen molar-refractivity contribution in [2.75, 3.05) is 20.2 Å². The number of likely N-dealkylation sites (tertiary alicyclic amines) is 1. The third-order valence-corrected chi connectivity index (χ3v) is 6.02. The molecule has 1 saturated heterocycles. The number of methoxy groups -OCH3 is 1. The zero-order chi connectivity index (χ0) is 22.1. The number of hydrogen-bond acceptors (Lipinski definition) is 4. The minimum absolute atomic E-state index is 0.0280. The van der Waals surface area contributed by atoms with E-state index in [1.54, 1.807) is 36.4 Å². The molecular weight excluding hydrogens is 409 g/mol. The lowest BCUT2D eigenvalue weighted by Gasteiger charge is -2.31. The molecule has 164 valence electrons. The van der Waals surface area contributed by atoms with Gasteiger partial charge in [0.25, 0.3) is 5.91 Å². The van der Waals surface area contributed by atoms with Crippen LogP contribution in [-0.4, -0.2) is 41.0 Å². The fourth-order valence-electron chi connectivity index (χ4n) is 4.40. The molecule has 7 heteroatoms. The van der Waals surface area contributed by atoms with E-state index in [9.17, 15) is 9.18 Å². The summed E-state index contributed by atoms with van der Waals surface area (Å²) in [5.41, 5.74) is 1.79. The average Bonchev–Trinajstić information content (AvgIpc) is 3.47. The van der Waals surface area contributed by atoms with Crippen LogP contribution in [-0.2, 0) is 6.42 Å². The number of nitrogens with one attached hydrogen (secondary N) is 1. The number of halogens is 1. The molecule has 1 fully saturated rings. The van der Waals surface area contributed by atoms with E-state index in [2.05, 4.69) is 9.97 Å². The molecule has 1 N–H and O–H groups in total. The van der Waals surface area contributed by atoms with Gasteiger partial charge in [-0.2, -0.15) is 0 Å². The van der Waals surface area contributed by atoms with Gasteiger partial charge in [0.1, 0.15) is 23.0 Å². The van der Waals surface area contributed by atoms with Gasteiger partial charge in [-0.15, -0.1) is 0 Å². The molecule has 5 rings (SSSR count). The van der Waals surface area contributed by atoms with Crippen molar-refractivity contribution in [1.82, 2.24) is 14.9 Å². The highest BCUT2D eigenvalue weighted by molar-refractivity contribution is 5.98. The predicted octanol–water partition coefficient (Wildman–Crippen LogP) is 4.91. The van der Waals surface area contributed by atoms with Crippen LogP contribution in [0.1, 0.15) is 46.5 Å². The van der Waals surface area contributed by atoms with Gasteiger partial charge in [0, 0.05) is 30.5 Å². The quantitative estimate of drug-likeness (QED) is 0.485. The summed E-state index contributed by atoms with van der Waals surface area (Å²) in [6, 6.07) is 14.4. The van der Waals surface area contributed by atoms with Crippen molar-refractivity contribution in [2.24, 2.45) is 0 Å². The Balaban J connectivity index is 1.30. The Morgan fingerprint density at radius 1 is 1.28 bits per heavy atom. The number of piperidine rings is 1. The van der Waals surface area contributed by atoms with Gasteiger partial charge < -0.3 is 19.0 Å². The third kappa shape index (κ3) is 3.86. The molecule has 0 bridgehead atoms. The predicted molar refractivity (Wildman–Crippen MR) is 118 cm³/mol. The first-order valence-corrected chi connectivity index (χ1v) is 10.8. The van der Waals surface area contributed by atoms with Crippen LogP contribution in [0, 0.1) is 5.82 Å². The number of ether oxygens (including phenoxy) is 1. The molecular formula is C25H24FN3O3. The molecule has 0 radical (unpaired) electrons. The van der Waals surface area contributed by atoms with E-state index in [1.807, 2.05) is 24.3 Å². The van der Waals surface area contributed by atoms with Crippen LogP contribution < -0.4 is 4.74 Å². The lowest BCUT2D eigenvalue weighted by molar-refractivity contribution is 0.0693. The zero-order valence-corrected chi connectivity index (χ0v) is 17.8. The van der Waals surface area contributed by atoms with Crippen molar-refractivity contribution in [2.45, 2.75) is 25.2 Å². The van der Waals surface area contributed by atoms with E-state index >= 15 is 0 Å². The molecule has 0 unspecified atom stereocenters. The third-order valence-electron chi connectivity index (χ3n) is 6.02. The van der Waals surface area contributed by atoms with Crippen LogP contribution in [0.4, 0.5) is 4.39 Å². The monoisotopic (exact) mass is 433 g/mol. The normalized spacial score (nSPS) is 16.4. The van der Waals surface area contributed by atoms with Gasteiger partial charge in [-0.05, 0) is 31.0 Å². The number of aromatic amines is 1. The largest absolute Gasteiger partial charge is 0.496 e. The highest BCUT2D eigenvalue weighted by Crippen LogP contribution is 2.29. The molecule has 1 aliphatic heterocycles. The molecule has 2 aromatic carbocycles. The SMILES string of the molecule is COc1ccccc1Cc1cnc([C@H]2CCCN(C(=O)c3cc4cccc(F)c4[nH]3)C2)o1. The number of hydrogen-bond donors (Lipinski definition) is 1. The van der Waals surface area contributed by atoms with Crippen LogP contribution in [0.15, 0.2) is 59.1 Å². The summed E-state index contributed by atoms with van der Waals surface area (Å²) in [5, 5.41) is 0.690. The van der Waals surface area contributed by atoms with E-state index in [4.69, 9.17) is 9.15 Å². The fourth-order valence-corrected chi connectivity index (χ4v) is 4.40. The molecule has 0 saturated carbocycles. The maximum Gasteiger partial charge on any atom is 0.270 e. The molecule has 3 heterocycles. The van der Waals surface area contributed by atoms with Crippen LogP contribution >= 0.6 is 0 Å². The first-order chi connectivity index (χ1) is 15.6. The van der Waals surface area contributed by atoms with Crippen molar-refractivity contribution in [1.29, 1.82) is 0 Å². The highest BCUT2D eigenvalue weighted by Gasteiger charge is 2.29. The number of rotatable bonds is 5. The van der Waals surface area contributed by atoms with E-state index in [-0.39, 0.29) is 17.6 Å². The number of para-hydroxylation sites is 2. The van der Waals surface area contributed by atoms with E-state index in [0.717, 1.165) is 29.9 Å². The van der Waals surface area contributed by atoms with Crippen molar-refractivity contribution in [3.8, 4) is 5.75 Å². The maximum atomic E-state index is 14.0. The molecule has 1 amide bonds. The number of amides is 1. The van der Waals surface area contributed by atoms with E-state index < -0.39 is 0 Å². The molecule has 2 aromatic heterocycles. The Kier molecular flexibility index (Phi) is 5.39. The number of nitrogens with zero attached hydrogens (tertiary/aromatic N) is 2. The van der Waals surface area contributed by atoms with Gasteiger partial charge in [-0.25, -0.2) is 9.37 Å². The second-order valence-corrected chi connectivity index (χ2v) is 8.13. The summed E-state index contributed by atoms with van der Waals surface area (Å²) in [5.74, 6) is 1.76. The lowest BCUT2D eigenvalue weighted by atomic mass is 9.97. The second-order valence-electron chi connectivity index (χ2n) is 8.13. The first-order valence-electron chi connectivity index (χ1n) is 10.8. The van der Waals surface area contributed by atoms with Crippen molar-refractivity contribution in [3.63, 3.8) is 0 Å². The van der Waals surface area contributed by atoms with Crippen LogP contribution in [0.2, 0.25) is 0 Å². The summed E-state index contributed by atoms with van der Waals surface area (Å²) >= 11 is 0. The fraction of sp³-hybridized carbons (Fsp3) is 0.280. The van der Waals surface area contributed by atoms with Gasteiger partial charge in [-0.1, -0.05) is 30.3 Å².